The number of nitrogens with zero attached hydrogens (tertiary/aromatic N) is 1. The predicted molar refractivity (Wildman–Crippen MR) is 156 cm³/mol. The van der Waals surface area contributed by atoms with Crippen molar-refractivity contribution in [2.45, 2.75) is 44.9 Å². The van der Waals surface area contributed by atoms with Crippen molar-refractivity contribution < 1.29 is 33.0 Å². The fraction of sp³-hybridized carbons (Fsp3) is 0.258. The number of ether oxygens (including phenoxy) is 2. The maximum absolute atomic E-state index is 13.7. The minimum atomic E-state index is -1.17. The highest BCUT2D eigenvalue weighted by Gasteiger charge is 2.25. The van der Waals surface area contributed by atoms with Gasteiger partial charge in [0.15, 0.2) is 0 Å². The normalized spacial score (nSPS) is 12.2. The van der Waals surface area contributed by atoms with E-state index in [1.807, 2.05) is 6.07 Å². The number of primary amides is 1. The molecule has 0 aliphatic carbocycles. The summed E-state index contributed by atoms with van der Waals surface area (Å²) in [4.78, 5) is 62.9. The number of esters is 1. The van der Waals surface area contributed by atoms with Crippen LogP contribution in [0.25, 0.3) is 0 Å². The Morgan fingerprint density at radius 2 is 1.70 bits per heavy atom. The Morgan fingerprint density at radius 1 is 0.977 bits per heavy atom. The van der Waals surface area contributed by atoms with E-state index in [-0.39, 0.29) is 38.2 Å². The van der Waals surface area contributed by atoms with Gasteiger partial charge in [0.05, 0.1) is 6.61 Å². The lowest BCUT2D eigenvalue weighted by molar-refractivity contribution is -0.137. The van der Waals surface area contributed by atoms with Gasteiger partial charge >= 0.3 is 12.1 Å². The highest BCUT2D eigenvalue weighted by molar-refractivity contribution is 5.85. The smallest absolute Gasteiger partial charge is 0.412 e. The first-order valence-electron chi connectivity index (χ1n) is 13.5. The van der Waals surface area contributed by atoms with E-state index >= 15 is 0 Å². The van der Waals surface area contributed by atoms with Crippen LogP contribution < -0.4 is 21.9 Å². The number of anilines is 1. The standard InChI is InChI=1S/C31H33FN4O7/c1-2-42-28(38)17-15-24(14-16-27(33)37)34-29(39)26(19-21-10-12-23(32)13-11-21)36-18-6-9-25(30(36)40)35-31(41)43-20-22-7-4-3-5-8-22/h3-13,15,17-18,24,26H,2,14,16,19-20H2,1H3,(H2,33,37)(H,34,39)(H,35,41). The van der Waals surface area contributed by atoms with Crippen molar-refractivity contribution >= 4 is 29.6 Å². The molecule has 2 unspecified atom stereocenters. The van der Waals surface area contributed by atoms with Gasteiger partial charge in [0.25, 0.3) is 5.56 Å². The number of carbonyl (C=O) groups excluding carboxylic acids is 4. The van der Waals surface area contributed by atoms with Crippen LogP contribution in [0.15, 0.2) is 89.9 Å². The van der Waals surface area contributed by atoms with E-state index in [1.165, 1.54) is 48.7 Å². The van der Waals surface area contributed by atoms with E-state index in [4.69, 9.17) is 15.2 Å². The fourth-order valence-corrected chi connectivity index (χ4v) is 4.06. The largest absolute Gasteiger partial charge is 0.463 e. The zero-order valence-electron chi connectivity index (χ0n) is 23.5. The zero-order valence-corrected chi connectivity index (χ0v) is 23.5. The van der Waals surface area contributed by atoms with E-state index in [1.54, 1.807) is 31.2 Å². The van der Waals surface area contributed by atoms with Gasteiger partial charge in [0.2, 0.25) is 11.8 Å². The molecule has 3 aromatic rings. The molecule has 226 valence electrons. The number of aromatic nitrogens is 1. The van der Waals surface area contributed by atoms with Crippen LogP contribution in [0.1, 0.15) is 36.9 Å². The summed E-state index contributed by atoms with van der Waals surface area (Å²) in [5.41, 5.74) is 5.75. The molecule has 0 spiro atoms. The Morgan fingerprint density at radius 3 is 2.37 bits per heavy atom. The van der Waals surface area contributed by atoms with E-state index in [0.29, 0.717) is 5.56 Å². The molecule has 0 aliphatic heterocycles. The summed E-state index contributed by atoms with van der Waals surface area (Å²) in [6, 6.07) is 15.2. The van der Waals surface area contributed by atoms with Gasteiger partial charge < -0.3 is 25.1 Å². The number of rotatable bonds is 14. The Balaban J connectivity index is 1.87. The van der Waals surface area contributed by atoms with Gasteiger partial charge in [-0.25, -0.2) is 14.0 Å². The van der Waals surface area contributed by atoms with E-state index in [2.05, 4.69) is 10.6 Å². The molecule has 0 aliphatic rings. The maximum Gasteiger partial charge on any atom is 0.412 e. The van der Waals surface area contributed by atoms with E-state index in [0.717, 1.165) is 16.2 Å². The summed E-state index contributed by atoms with van der Waals surface area (Å²) in [6.07, 6.45) is 2.96. The van der Waals surface area contributed by atoms with Gasteiger partial charge in [-0.3, -0.25) is 19.7 Å². The predicted octanol–water partition coefficient (Wildman–Crippen LogP) is 3.39. The minimum Gasteiger partial charge on any atom is -0.463 e. The average Bonchev–Trinajstić information content (AvgIpc) is 2.99. The molecule has 12 heteroatoms. The SMILES string of the molecule is CCOC(=O)C=CC(CCC(N)=O)NC(=O)C(Cc1ccc(F)cc1)n1cccc(NC(=O)OCc2ccccc2)c1=O. The number of amides is 3. The van der Waals surface area contributed by atoms with Gasteiger partial charge in [0.1, 0.15) is 24.2 Å². The highest BCUT2D eigenvalue weighted by atomic mass is 19.1. The average molecular weight is 593 g/mol. The van der Waals surface area contributed by atoms with Crippen LogP contribution in [0.3, 0.4) is 0 Å². The first-order chi connectivity index (χ1) is 20.7. The van der Waals surface area contributed by atoms with Gasteiger partial charge in [-0.05, 0) is 48.7 Å². The van der Waals surface area contributed by atoms with Crippen LogP contribution in [0.5, 0.6) is 0 Å². The number of hydrogen-bond acceptors (Lipinski definition) is 7. The summed E-state index contributed by atoms with van der Waals surface area (Å²) in [6.45, 7) is 1.77. The lowest BCUT2D eigenvalue weighted by atomic mass is 10.0. The summed E-state index contributed by atoms with van der Waals surface area (Å²) < 4.78 is 24.8. The maximum atomic E-state index is 13.7. The molecule has 0 saturated carbocycles. The number of hydrogen-bond donors (Lipinski definition) is 3. The first-order valence-corrected chi connectivity index (χ1v) is 13.5. The van der Waals surface area contributed by atoms with Crippen molar-refractivity contribution in [1.29, 1.82) is 0 Å². The van der Waals surface area contributed by atoms with Crippen molar-refractivity contribution in [1.82, 2.24) is 9.88 Å². The third-order valence-corrected chi connectivity index (χ3v) is 6.19. The van der Waals surface area contributed by atoms with E-state index in [9.17, 15) is 28.4 Å². The van der Waals surface area contributed by atoms with Crippen LogP contribution in [0.4, 0.5) is 14.9 Å². The van der Waals surface area contributed by atoms with Crippen LogP contribution in [0.2, 0.25) is 0 Å². The Kier molecular flexibility index (Phi) is 12.2. The van der Waals surface area contributed by atoms with Gasteiger partial charge in [0, 0.05) is 31.2 Å². The van der Waals surface area contributed by atoms with E-state index < -0.39 is 47.3 Å². The fourth-order valence-electron chi connectivity index (χ4n) is 4.06. The summed E-state index contributed by atoms with van der Waals surface area (Å²) in [5.74, 6) is -2.37. The minimum absolute atomic E-state index is 0.0185. The quantitative estimate of drug-likeness (QED) is 0.191. The van der Waals surface area contributed by atoms with Crippen molar-refractivity contribution in [3.63, 3.8) is 0 Å². The number of halogens is 1. The molecule has 11 nitrogen and oxygen atoms in total. The molecular weight excluding hydrogens is 559 g/mol. The highest BCUT2D eigenvalue weighted by Crippen LogP contribution is 2.17. The van der Waals surface area contributed by atoms with Crippen molar-refractivity contribution in [3.8, 4) is 0 Å². The van der Waals surface area contributed by atoms with Crippen LogP contribution >= 0.6 is 0 Å². The molecule has 0 bridgehead atoms. The number of nitrogens with two attached hydrogens (primary N) is 1. The molecule has 4 N–H and O–H groups in total. The number of pyridine rings is 1. The molecule has 0 radical (unpaired) electrons. The second kappa shape index (κ2) is 16.2. The van der Waals surface area contributed by atoms with Gasteiger partial charge in [-0.1, -0.05) is 48.5 Å². The van der Waals surface area contributed by atoms with Crippen LogP contribution in [0, 0.1) is 5.82 Å². The Labute approximate surface area is 247 Å². The number of nitrogens with one attached hydrogen (secondary N) is 2. The second-order valence-electron chi connectivity index (χ2n) is 9.40. The van der Waals surface area contributed by atoms with Crippen LogP contribution in [-0.2, 0) is 36.9 Å². The molecule has 2 aromatic carbocycles. The Bertz CT molecular complexity index is 1490. The molecule has 0 saturated heterocycles. The van der Waals surface area contributed by atoms with Gasteiger partial charge in [-0.2, -0.15) is 0 Å². The number of benzene rings is 2. The van der Waals surface area contributed by atoms with Crippen LogP contribution in [-0.4, -0.2) is 41.1 Å². The second-order valence-corrected chi connectivity index (χ2v) is 9.40. The first kappa shape index (κ1) is 32.3. The molecule has 1 aromatic heterocycles. The summed E-state index contributed by atoms with van der Waals surface area (Å²) >= 11 is 0. The van der Waals surface area contributed by atoms with Crippen molar-refractivity contribution in [2.24, 2.45) is 5.73 Å². The molecule has 0 fully saturated rings. The van der Waals surface area contributed by atoms with Crippen molar-refractivity contribution in [2.75, 3.05) is 11.9 Å². The Hall–Kier alpha value is -5.26. The summed E-state index contributed by atoms with van der Waals surface area (Å²) in [5, 5.41) is 5.15. The zero-order chi connectivity index (χ0) is 31.2. The third kappa shape index (κ3) is 10.6. The molecule has 1 heterocycles. The lowest BCUT2D eigenvalue weighted by Crippen LogP contribution is -2.43. The molecule has 3 rings (SSSR count). The summed E-state index contributed by atoms with van der Waals surface area (Å²) in [7, 11) is 0. The lowest BCUT2D eigenvalue weighted by Gasteiger charge is -2.23. The number of carbonyl (C=O) groups is 4. The third-order valence-electron chi connectivity index (χ3n) is 6.19. The monoisotopic (exact) mass is 592 g/mol. The van der Waals surface area contributed by atoms with Gasteiger partial charge in [-0.15, -0.1) is 0 Å². The molecule has 2 atom stereocenters. The molecule has 43 heavy (non-hydrogen) atoms. The molecule has 3 amide bonds. The molecular formula is C31H33FN4O7. The topological polar surface area (TPSA) is 159 Å². The van der Waals surface area contributed by atoms with Crippen molar-refractivity contribution in [3.05, 3.63) is 112 Å².